The van der Waals surface area contributed by atoms with Gasteiger partial charge >= 0.3 is 0 Å². The number of rotatable bonds is 12. The summed E-state index contributed by atoms with van der Waals surface area (Å²) in [5.74, 6) is 0.331. The number of nitro benzene ring substituents is 1. The van der Waals surface area contributed by atoms with Crippen LogP contribution in [0.5, 0.6) is 11.5 Å². The van der Waals surface area contributed by atoms with E-state index in [1.165, 1.54) is 28.8 Å². The lowest BCUT2D eigenvalue weighted by Gasteiger charge is -2.39. The van der Waals surface area contributed by atoms with Crippen LogP contribution < -0.4 is 19.7 Å². The molecule has 14 heteroatoms. The minimum absolute atomic E-state index is 0.00555. The first-order chi connectivity index (χ1) is 31.2. The number of para-hydroxylation sites is 1. The predicted octanol–water partition coefficient (Wildman–Crippen LogP) is 11.6. The van der Waals surface area contributed by atoms with Crippen molar-refractivity contribution in [3.05, 3.63) is 135 Å². The SMILES string of the molecule is CC1CCC(Nc2ccc(S(=O)(=O)NC(=O)c3ccc(N4CCN(CC5=C(c6ccc(Cl)cc6)CC(C)(C)CC5)CC4)cc3Oc3cccc4[nH]c5ccccc5c34)cc2[N+](=O)[O-])CC1. The predicted molar refractivity (Wildman–Crippen MR) is 260 cm³/mol. The van der Waals surface area contributed by atoms with E-state index in [2.05, 4.69) is 57.7 Å². The van der Waals surface area contributed by atoms with Crippen molar-refractivity contribution in [3.63, 3.8) is 0 Å². The van der Waals surface area contributed by atoms with Crippen molar-refractivity contribution in [3.8, 4) is 11.5 Å². The topological polar surface area (TPSA) is 150 Å². The largest absolute Gasteiger partial charge is 0.456 e. The number of carbonyl (C=O) groups is 1. The molecule has 0 radical (unpaired) electrons. The van der Waals surface area contributed by atoms with Crippen LogP contribution in [-0.4, -0.2) is 67.9 Å². The number of carbonyl (C=O) groups excluding carboxylic acids is 1. The van der Waals surface area contributed by atoms with Gasteiger partial charge in [0.25, 0.3) is 21.6 Å². The van der Waals surface area contributed by atoms with Gasteiger partial charge in [-0.2, -0.15) is 0 Å². The van der Waals surface area contributed by atoms with Crippen LogP contribution in [0.3, 0.4) is 0 Å². The summed E-state index contributed by atoms with van der Waals surface area (Å²) in [5.41, 5.74) is 6.82. The highest BCUT2D eigenvalue weighted by atomic mass is 35.5. The number of anilines is 2. The molecule has 338 valence electrons. The van der Waals surface area contributed by atoms with Gasteiger partial charge in [-0.05, 0) is 122 Å². The summed E-state index contributed by atoms with van der Waals surface area (Å²) in [6.07, 6.45) is 6.96. The van der Waals surface area contributed by atoms with Crippen molar-refractivity contribution in [2.24, 2.45) is 11.3 Å². The molecule has 1 amide bonds. The number of hydrogen-bond acceptors (Lipinski definition) is 9. The summed E-state index contributed by atoms with van der Waals surface area (Å²) in [4.78, 5) is 33.6. The molecule has 2 heterocycles. The van der Waals surface area contributed by atoms with Gasteiger partial charge in [-0.1, -0.05) is 74.3 Å². The highest BCUT2D eigenvalue weighted by Crippen LogP contribution is 2.44. The van der Waals surface area contributed by atoms with Crippen molar-refractivity contribution >= 4 is 72.0 Å². The van der Waals surface area contributed by atoms with Gasteiger partial charge in [0.15, 0.2) is 0 Å². The standard InChI is InChI=1S/C51H55ClN6O6S/c1-33-11-17-37(18-12-33)53-44-22-20-39(30-46(44)58(60)61)65(62,63)55-50(59)41-21-19-38(29-48(41)64-47-10-6-9-45-49(47)40-7-4-5-8-43(40)54-45)57-27-25-56(26-28-57)32-35-23-24-51(2,3)31-42(35)34-13-15-36(52)16-14-34/h4-10,13-16,19-22,29-30,33,37,53-54H,11-12,17-18,23-28,31-32H2,1-3H3,(H,55,59). The van der Waals surface area contributed by atoms with Crippen molar-refractivity contribution in [1.29, 1.82) is 0 Å². The number of H-pyrrole nitrogens is 1. The van der Waals surface area contributed by atoms with Crippen molar-refractivity contribution < 1.29 is 22.9 Å². The van der Waals surface area contributed by atoms with Crippen LogP contribution in [0.1, 0.15) is 81.6 Å². The Morgan fingerprint density at radius 1 is 0.892 bits per heavy atom. The molecule has 1 saturated heterocycles. The summed E-state index contributed by atoms with van der Waals surface area (Å²) >= 11 is 6.27. The van der Waals surface area contributed by atoms with Gasteiger partial charge < -0.3 is 19.9 Å². The molecule has 0 unspecified atom stereocenters. The van der Waals surface area contributed by atoms with Crippen LogP contribution in [0.15, 0.2) is 114 Å². The molecular formula is C51H55ClN6O6S. The van der Waals surface area contributed by atoms with Gasteiger partial charge in [-0.25, -0.2) is 13.1 Å². The molecule has 0 spiro atoms. The highest BCUT2D eigenvalue weighted by Gasteiger charge is 2.31. The fourth-order valence-corrected chi connectivity index (χ4v) is 10.9. The average molecular weight is 916 g/mol. The molecule has 12 nitrogen and oxygen atoms in total. The van der Waals surface area contributed by atoms with Crippen molar-refractivity contribution in [2.45, 2.75) is 76.7 Å². The number of aromatic nitrogens is 1. The lowest BCUT2D eigenvalue weighted by Crippen LogP contribution is -2.47. The number of halogens is 1. The molecule has 2 aliphatic carbocycles. The fourth-order valence-electron chi connectivity index (χ4n) is 9.76. The molecule has 9 rings (SSSR count). The van der Waals surface area contributed by atoms with Gasteiger partial charge in [-0.15, -0.1) is 0 Å². The number of ether oxygens (including phenoxy) is 1. The number of nitrogens with zero attached hydrogens (tertiary/aromatic N) is 3. The lowest BCUT2D eigenvalue weighted by molar-refractivity contribution is -0.384. The van der Waals surface area contributed by atoms with E-state index >= 15 is 0 Å². The third kappa shape index (κ3) is 9.73. The van der Waals surface area contributed by atoms with Gasteiger partial charge in [0.2, 0.25) is 0 Å². The van der Waals surface area contributed by atoms with E-state index in [9.17, 15) is 23.3 Å². The summed E-state index contributed by atoms with van der Waals surface area (Å²) in [6, 6.07) is 30.7. The number of hydrogen-bond donors (Lipinski definition) is 3. The summed E-state index contributed by atoms with van der Waals surface area (Å²) in [6.45, 7) is 10.9. The molecule has 6 aromatic rings. The monoisotopic (exact) mass is 914 g/mol. The van der Waals surface area contributed by atoms with Crippen molar-refractivity contribution in [1.82, 2.24) is 14.6 Å². The van der Waals surface area contributed by atoms with Crippen LogP contribution in [0.25, 0.3) is 27.4 Å². The van der Waals surface area contributed by atoms with E-state index in [0.29, 0.717) is 11.7 Å². The zero-order chi connectivity index (χ0) is 45.5. The Morgan fingerprint density at radius 2 is 1.63 bits per heavy atom. The Bertz CT molecular complexity index is 2910. The zero-order valence-corrected chi connectivity index (χ0v) is 38.6. The third-order valence-corrected chi connectivity index (χ3v) is 15.1. The van der Waals surface area contributed by atoms with E-state index in [-0.39, 0.29) is 34.1 Å². The Kier molecular flexibility index (Phi) is 12.4. The third-order valence-electron chi connectivity index (χ3n) is 13.5. The van der Waals surface area contributed by atoms with Gasteiger partial charge in [0, 0.05) is 72.5 Å². The maximum Gasteiger partial charge on any atom is 0.293 e. The van der Waals surface area contributed by atoms with E-state index in [4.69, 9.17) is 16.3 Å². The van der Waals surface area contributed by atoms with E-state index < -0.39 is 25.7 Å². The van der Waals surface area contributed by atoms with Gasteiger partial charge in [-0.3, -0.25) is 19.8 Å². The minimum Gasteiger partial charge on any atom is -0.456 e. The first kappa shape index (κ1) is 44.3. The maximum absolute atomic E-state index is 14.2. The van der Waals surface area contributed by atoms with Crippen LogP contribution in [0, 0.1) is 21.4 Å². The Hall–Kier alpha value is -5.89. The second kappa shape index (κ2) is 18.2. The van der Waals surface area contributed by atoms with Gasteiger partial charge in [0.05, 0.1) is 26.3 Å². The van der Waals surface area contributed by atoms with Crippen molar-refractivity contribution in [2.75, 3.05) is 42.9 Å². The van der Waals surface area contributed by atoms with E-state index in [1.807, 2.05) is 60.7 Å². The molecular weight excluding hydrogens is 860 g/mol. The van der Waals surface area contributed by atoms with Crippen LogP contribution >= 0.6 is 11.6 Å². The molecule has 2 fully saturated rings. The second-order valence-corrected chi connectivity index (χ2v) is 20.9. The molecule has 3 aliphatic rings. The molecule has 5 aromatic carbocycles. The zero-order valence-electron chi connectivity index (χ0n) is 37.0. The number of amides is 1. The van der Waals surface area contributed by atoms with Gasteiger partial charge in [0.1, 0.15) is 17.2 Å². The number of nitro groups is 1. The highest BCUT2D eigenvalue weighted by molar-refractivity contribution is 7.90. The van der Waals surface area contributed by atoms with Crippen LogP contribution in [-0.2, 0) is 10.0 Å². The number of aromatic amines is 1. The minimum atomic E-state index is -4.56. The maximum atomic E-state index is 14.2. The quantitative estimate of drug-likeness (QED) is 0.0805. The van der Waals surface area contributed by atoms with Crippen LogP contribution in [0.2, 0.25) is 5.02 Å². The Balaban J connectivity index is 0.981. The van der Waals surface area contributed by atoms with E-state index in [1.54, 1.807) is 12.1 Å². The van der Waals surface area contributed by atoms with Crippen LogP contribution in [0.4, 0.5) is 17.1 Å². The number of benzene rings is 5. The molecule has 65 heavy (non-hydrogen) atoms. The number of nitrogens with one attached hydrogen (secondary N) is 3. The Labute approximate surface area is 385 Å². The first-order valence-electron chi connectivity index (χ1n) is 22.6. The normalized spacial score (nSPS) is 19.4. The number of piperazine rings is 1. The molecule has 3 N–H and O–H groups in total. The first-order valence-corrected chi connectivity index (χ1v) is 24.4. The molecule has 1 aliphatic heterocycles. The fraction of sp³-hybridized carbons (Fsp3) is 0.353. The average Bonchev–Trinajstić information content (AvgIpc) is 3.68. The lowest BCUT2D eigenvalue weighted by atomic mass is 9.72. The summed E-state index contributed by atoms with van der Waals surface area (Å²) in [7, 11) is -4.56. The molecule has 0 atom stereocenters. The number of allylic oxidation sites excluding steroid dienone is 1. The second-order valence-electron chi connectivity index (χ2n) is 18.8. The van der Waals surface area contributed by atoms with E-state index in [0.717, 1.165) is 116 Å². The molecule has 1 saturated carbocycles. The summed E-state index contributed by atoms with van der Waals surface area (Å²) < 4.78 is 36.6. The number of sulfonamides is 1. The molecule has 0 bridgehead atoms. The Morgan fingerprint density at radius 3 is 2.38 bits per heavy atom. The number of fused-ring (bicyclic) bond motifs is 3. The molecule has 1 aromatic heterocycles. The smallest absolute Gasteiger partial charge is 0.293 e. The summed E-state index contributed by atoms with van der Waals surface area (Å²) in [5, 5.41) is 18.0.